The number of rotatable bonds is 5. The molecule has 1 aliphatic heterocycles. The lowest BCUT2D eigenvalue weighted by Crippen LogP contribution is -2.32. The highest BCUT2D eigenvalue weighted by atomic mass is 16.2. The number of hydrogen-bond donors (Lipinski definition) is 2. The third-order valence-corrected chi connectivity index (χ3v) is 3.97. The van der Waals surface area contributed by atoms with E-state index in [-0.39, 0.29) is 24.9 Å². The highest BCUT2D eigenvalue weighted by Gasteiger charge is 2.27. The molecule has 2 aromatic rings. The fourth-order valence-electron chi connectivity index (χ4n) is 2.79. The Morgan fingerprint density at radius 1 is 1.24 bits per heavy atom. The number of nitrogens with zero attached hydrogens (tertiary/aromatic N) is 2. The Morgan fingerprint density at radius 2 is 2.08 bits per heavy atom. The summed E-state index contributed by atoms with van der Waals surface area (Å²) >= 11 is 0. The van der Waals surface area contributed by atoms with Crippen molar-refractivity contribution >= 4 is 23.3 Å². The largest absolute Gasteiger partial charge is 0.360 e. The zero-order chi connectivity index (χ0) is 17.6. The maximum atomic E-state index is 13.0. The zero-order valence-corrected chi connectivity index (χ0v) is 13.7. The number of carbonyl (C=O) groups excluding carboxylic acids is 2. The second-order valence-corrected chi connectivity index (χ2v) is 5.57. The fourth-order valence-corrected chi connectivity index (χ4v) is 2.79. The number of pyridine rings is 1. The minimum atomic E-state index is -0.256. The Morgan fingerprint density at radius 3 is 2.92 bits per heavy atom. The van der Waals surface area contributed by atoms with Crippen molar-refractivity contribution in [2.75, 3.05) is 29.9 Å². The van der Waals surface area contributed by atoms with Gasteiger partial charge in [-0.05, 0) is 30.2 Å². The lowest BCUT2D eigenvalue weighted by molar-refractivity contribution is -0.119. The van der Waals surface area contributed by atoms with Gasteiger partial charge in [0.25, 0.3) is 5.91 Å². The van der Waals surface area contributed by atoms with Crippen LogP contribution in [0.2, 0.25) is 0 Å². The molecule has 3 rings (SSSR count). The summed E-state index contributed by atoms with van der Waals surface area (Å²) in [4.78, 5) is 30.6. The molecule has 0 atom stereocenters. The van der Waals surface area contributed by atoms with Crippen LogP contribution in [0.5, 0.6) is 0 Å². The monoisotopic (exact) mass is 334 g/mol. The quantitative estimate of drug-likeness (QED) is 0.812. The molecule has 0 spiro atoms. The van der Waals surface area contributed by atoms with Crippen molar-refractivity contribution in [2.45, 2.75) is 6.42 Å². The summed E-state index contributed by atoms with van der Waals surface area (Å²) in [6.07, 6.45) is 7.52. The van der Waals surface area contributed by atoms with E-state index in [9.17, 15) is 9.59 Å². The summed E-state index contributed by atoms with van der Waals surface area (Å²) in [5, 5.41) is 5.47. The Hall–Kier alpha value is -3.33. The third-order valence-electron chi connectivity index (χ3n) is 3.97. The molecule has 6 heteroatoms. The molecule has 25 heavy (non-hydrogen) atoms. The summed E-state index contributed by atoms with van der Waals surface area (Å²) in [5.74, 6) is 2.33. The molecular weight excluding hydrogens is 316 g/mol. The number of amides is 2. The molecule has 1 aromatic carbocycles. The van der Waals surface area contributed by atoms with Crippen LogP contribution < -0.4 is 15.5 Å². The van der Waals surface area contributed by atoms with Gasteiger partial charge in [-0.15, -0.1) is 6.42 Å². The zero-order valence-electron chi connectivity index (χ0n) is 13.7. The van der Waals surface area contributed by atoms with Crippen molar-refractivity contribution in [2.24, 2.45) is 0 Å². The fraction of sp³-hybridized carbons (Fsp3) is 0.211. The lowest BCUT2D eigenvalue weighted by atomic mass is 10.1. The molecule has 0 aliphatic carbocycles. The first-order valence-corrected chi connectivity index (χ1v) is 7.99. The van der Waals surface area contributed by atoms with Gasteiger partial charge in [0.1, 0.15) is 5.82 Å². The molecule has 0 bridgehead atoms. The molecule has 0 fully saturated rings. The van der Waals surface area contributed by atoms with E-state index in [1.54, 1.807) is 23.2 Å². The van der Waals surface area contributed by atoms with E-state index in [2.05, 4.69) is 21.5 Å². The smallest absolute Gasteiger partial charge is 0.262 e. The van der Waals surface area contributed by atoms with Crippen molar-refractivity contribution in [1.29, 1.82) is 0 Å². The van der Waals surface area contributed by atoms with Gasteiger partial charge in [-0.25, -0.2) is 4.98 Å². The number of aromatic nitrogens is 1. The van der Waals surface area contributed by atoms with Gasteiger partial charge in [0, 0.05) is 18.4 Å². The Balaban J connectivity index is 1.76. The standard InChI is InChI=1S/C19H18N4O2/c1-2-10-20-17(24)13-22-18-15(7-5-11-21-18)19(25)23-12-9-14-6-3-4-8-16(14)23/h1,3-8,11H,9-10,12-13H2,(H,20,24)(H,21,22). The molecule has 1 aliphatic rings. The van der Waals surface area contributed by atoms with Gasteiger partial charge in [0.15, 0.2) is 0 Å². The average molecular weight is 334 g/mol. The molecule has 0 radical (unpaired) electrons. The second kappa shape index (κ2) is 7.49. The molecule has 2 heterocycles. The highest BCUT2D eigenvalue weighted by Crippen LogP contribution is 2.29. The highest BCUT2D eigenvalue weighted by molar-refractivity contribution is 6.10. The van der Waals surface area contributed by atoms with Gasteiger partial charge in [-0.2, -0.15) is 0 Å². The van der Waals surface area contributed by atoms with E-state index in [0.717, 1.165) is 17.7 Å². The van der Waals surface area contributed by atoms with Gasteiger partial charge in [-0.1, -0.05) is 24.1 Å². The first kappa shape index (κ1) is 16.5. The Bertz CT molecular complexity index is 841. The minimum Gasteiger partial charge on any atom is -0.360 e. The molecule has 2 N–H and O–H groups in total. The van der Waals surface area contributed by atoms with E-state index in [0.29, 0.717) is 17.9 Å². The molecule has 126 valence electrons. The number of carbonyl (C=O) groups is 2. The Labute approximate surface area is 146 Å². The third kappa shape index (κ3) is 3.61. The van der Waals surface area contributed by atoms with Gasteiger partial charge < -0.3 is 15.5 Å². The predicted molar refractivity (Wildman–Crippen MR) is 96.4 cm³/mol. The van der Waals surface area contributed by atoms with Gasteiger partial charge in [-0.3, -0.25) is 9.59 Å². The van der Waals surface area contributed by atoms with Crippen molar-refractivity contribution in [3.05, 3.63) is 53.7 Å². The van der Waals surface area contributed by atoms with Gasteiger partial charge in [0.2, 0.25) is 5.91 Å². The maximum Gasteiger partial charge on any atom is 0.262 e. The van der Waals surface area contributed by atoms with E-state index < -0.39 is 0 Å². The number of fused-ring (bicyclic) bond motifs is 1. The van der Waals surface area contributed by atoms with Crippen LogP contribution >= 0.6 is 0 Å². The summed E-state index contributed by atoms with van der Waals surface area (Å²) in [5.41, 5.74) is 2.51. The van der Waals surface area contributed by atoms with E-state index in [1.807, 2.05) is 24.3 Å². The van der Waals surface area contributed by atoms with Gasteiger partial charge in [0.05, 0.1) is 18.7 Å². The molecular formula is C19H18N4O2. The van der Waals surface area contributed by atoms with Crippen LogP contribution in [0, 0.1) is 12.3 Å². The minimum absolute atomic E-state index is 0.00440. The van der Waals surface area contributed by atoms with E-state index >= 15 is 0 Å². The van der Waals surface area contributed by atoms with Crippen LogP contribution in [0.4, 0.5) is 11.5 Å². The number of benzene rings is 1. The molecule has 0 unspecified atom stereocenters. The van der Waals surface area contributed by atoms with Crippen LogP contribution in [0.25, 0.3) is 0 Å². The normalized spacial score (nSPS) is 12.2. The SMILES string of the molecule is C#CCNC(=O)CNc1ncccc1C(=O)N1CCc2ccccc21. The summed E-state index contributed by atoms with van der Waals surface area (Å²) in [7, 11) is 0. The molecule has 0 saturated heterocycles. The molecule has 2 amide bonds. The number of para-hydroxylation sites is 1. The van der Waals surface area contributed by atoms with Crippen LogP contribution in [0.15, 0.2) is 42.6 Å². The lowest BCUT2D eigenvalue weighted by Gasteiger charge is -2.19. The summed E-state index contributed by atoms with van der Waals surface area (Å²) in [6.45, 7) is 0.795. The number of terminal acetylenes is 1. The Kier molecular flexibility index (Phi) is 4.95. The first-order chi connectivity index (χ1) is 12.2. The van der Waals surface area contributed by atoms with Crippen molar-refractivity contribution in [3.8, 4) is 12.3 Å². The number of hydrogen-bond acceptors (Lipinski definition) is 4. The van der Waals surface area contributed by atoms with Crippen molar-refractivity contribution in [1.82, 2.24) is 10.3 Å². The van der Waals surface area contributed by atoms with E-state index in [1.165, 1.54) is 0 Å². The predicted octanol–water partition coefficient (Wildman–Crippen LogP) is 1.45. The number of anilines is 2. The van der Waals surface area contributed by atoms with Gasteiger partial charge >= 0.3 is 0 Å². The summed E-state index contributed by atoms with van der Waals surface area (Å²) in [6, 6.07) is 11.3. The van der Waals surface area contributed by atoms with Crippen LogP contribution in [-0.4, -0.2) is 36.4 Å². The molecule has 1 aromatic heterocycles. The maximum absolute atomic E-state index is 13.0. The van der Waals surface area contributed by atoms with E-state index in [4.69, 9.17) is 6.42 Å². The van der Waals surface area contributed by atoms with Crippen molar-refractivity contribution in [3.63, 3.8) is 0 Å². The average Bonchev–Trinajstić information content (AvgIpc) is 3.08. The first-order valence-electron chi connectivity index (χ1n) is 7.99. The van der Waals surface area contributed by atoms with Crippen molar-refractivity contribution < 1.29 is 9.59 Å². The van der Waals surface area contributed by atoms with Crippen LogP contribution in [0.1, 0.15) is 15.9 Å². The molecule has 6 nitrogen and oxygen atoms in total. The molecule has 0 saturated carbocycles. The number of nitrogens with one attached hydrogen (secondary N) is 2. The van der Waals surface area contributed by atoms with Crippen LogP contribution in [0.3, 0.4) is 0 Å². The summed E-state index contributed by atoms with van der Waals surface area (Å²) < 4.78 is 0. The topological polar surface area (TPSA) is 74.3 Å². The second-order valence-electron chi connectivity index (χ2n) is 5.57. The van der Waals surface area contributed by atoms with Crippen LogP contribution in [-0.2, 0) is 11.2 Å².